The molecule has 0 unspecified atom stereocenters. The maximum Gasteiger partial charge on any atom is 0.433 e. The van der Waals surface area contributed by atoms with E-state index in [9.17, 15) is 18.0 Å². The number of carbonyl (C=O) groups excluding carboxylic acids is 1. The average Bonchev–Trinajstić information content (AvgIpc) is 3.34. The van der Waals surface area contributed by atoms with Crippen LogP contribution in [0.25, 0.3) is 16.9 Å². The van der Waals surface area contributed by atoms with Crippen molar-refractivity contribution in [2.24, 2.45) is 0 Å². The molecule has 0 saturated carbocycles. The molecule has 3 aromatic heterocycles. The summed E-state index contributed by atoms with van der Waals surface area (Å²) in [7, 11) is 0. The first-order valence-corrected chi connectivity index (χ1v) is 10.1. The van der Waals surface area contributed by atoms with Crippen molar-refractivity contribution in [2.75, 3.05) is 0 Å². The van der Waals surface area contributed by atoms with Gasteiger partial charge in [0.05, 0.1) is 29.2 Å². The molecular weight excluding hydrogens is 468 g/mol. The SMILES string of the molecule is CCn1ncc(Cl)c1CNC(=O)c1cc2nc(-c3ccc(Cl)cc3)cc(C(F)(F)F)n2n1. The fourth-order valence-electron chi connectivity index (χ4n) is 3.15. The van der Waals surface area contributed by atoms with E-state index in [4.69, 9.17) is 23.2 Å². The summed E-state index contributed by atoms with van der Waals surface area (Å²) in [6, 6.07) is 8.31. The van der Waals surface area contributed by atoms with Gasteiger partial charge in [-0.2, -0.15) is 23.4 Å². The van der Waals surface area contributed by atoms with Crippen LogP contribution in [0.1, 0.15) is 28.8 Å². The van der Waals surface area contributed by atoms with Crippen LogP contribution in [0, 0.1) is 0 Å². The van der Waals surface area contributed by atoms with E-state index in [0.29, 0.717) is 32.4 Å². The number of alkyl halides is 3. The Bertz CT molecular complexity index is 1300. The molecule has 4 rings (SSSR count). The molecule has 12 heteroatoms. The van der Waals surface area contributed by atoms with Crippen molar-refractivity contribution in [3.05, 3.63) is 69.7 Å². The number of benzene rings is 1. The van der Waals surface area contributed by atoms with Gasteiger partial charge in [0.1, 0.15) is 0 Å². The van der Waals surface area contributed by atoms with Gasteiger partial charge in [-0.05, 0) is 25.1 Å². The number of aryl methyl sites for hydroxylation is 1. The Morgan fingerprint density at radius 3 is 2.53 bits per heavy atom. The van der Waals surface area contributed by atoms with Crippen LogP contribution >= 0.6 is 23.2 Å². The molecule has 0 aliphatic heterocycles. The van der Waals surface area contributed by atoms with Crippen LogP contribution in [-0.4, -0.2) is 30.3 Å². The molecule has 0 aliphatic rings. The largest absolute Gasteiger partial charge is 0.433 e. The molecule has 0 fully saturated rings. The van der Waals surface area contributed by atoms with Crippen molar-refractivity contribution < 1.29 is 18.0 Å². The lowest BCUT2D eigenvalue weighted by molar-refractivity contribution is -0.142. The van der Waals surface area contributed by atoms with Crippen molar-refractivity contribution in [2.45, 2.75) is 26.2 Å². The highest BCUT2D eigenvalue weighted by atomic mass is 35.5. The van der Waals surface area contributed by atoms with Gasteiger partial charge in [-0.15, -0.1) is 0 Å². The van der Waals surface area contributed by atoms with Crippen molar-refractivity contribution >= 4 is 34.8 Å². The molecule has 0 bridgehead atoms. The Balaban J connectivity index is 1.70. The lowest BCUT2D eigenvalue weighted by Gasteiger charge is -2.11. The second-order valence-electron chi connectivity index (χ2n) is 6.77. The Labute approximate surface area is 189 Å². The fraction of sp³-hybridized carbons (Fsp3) is 0.200. The maximum absolute atomic E-state index is 13.7. The van der Waals surface area contributed by atoms with E-state index in [1.54, 1.807) is 28.9 Å². The Morgan fingerprint density at radius 1 is 1.16 bits per heavy atom. The average molecular weight is 483 g/mol. The molecule has 1 amide bonds. The van der Waals surface area contributed by atoms with E-state index < -0.39 is 17.8 Å². The number of amides is 1. The predicted octanol–water partition coefficient (Wildman–Crippen LogP) is 4.87. The van der Waals surface area contributed by atoms with Crippen LogP contribution < -0.4 is 5.32 Å². The Kier molecular flexibility index (Phi) is 5.83. The van der Waals surface area contributed by atoms with E-state index in [1.807, 2.05) is 6.92 Å². The second kappa shape index (κ2) is 8.44. The molecular formula is C20H15Cl2F3N6O. The van der Waals surface area contributed by atoms with Crippen molar-refractivity contribution in [1.82, 2.24) is 29.7 Å². The molecule has 0 radical (unpaired) electrons. The normalized spacial score (nSPS) is 11.8. The van der Waals surface area contributed by atoms with E-state index in [1.165, 1.54) is 12.3 Å². The molecule has 1 aromatic carbocycles. The maximum atomic E-state index is 13.7. The number of nitrogens with zero attached hydrogens (tertiary/aromatic N) is 5. The molecule has 1 N–H and O–H groups in total. The molecule has 4 aromatic rings. The number of aromatic nitrogens is 5. The third-order valence-corrected chi connectivity index (χ3v) is 5.27. The molecule has 7 nitrogen and oxygen atoms in total. The Morgan fingerprint density at radius 2 is 1.88 bits per heavy atom. The van der Waals surface area contributed by atoms with Crippen LogP contribution in [0.5, 0.6) is 0 Å². The van der Waals surface area contributed by atoms with Crippen LogP contribution in [0.4, 0.5) is 13.2 Å². The molecule has 166 valence electrons. The molecule has 3 heterocycles. The minimum atomic E-state index is -4.72. The smallest absolute Gasteiger partial charge is 0.345 e. The van der Waals surface area contributed by atoms with Crippen LogP contribution in [0.2, 0.25) is 10.0 Å². The van der Waals surface area contributed by atoms with Crippen LogP contribution in [0.3, 0.4) is 0 Å². The van der Waals surface area contributed by atoms with E-state index in [2.05, 4.69) is 20.5 Å². The summed E-state index contributed by atoms with van der Waals surface area (Å²) in [5.74, 6) is -0.670. The highest BCUT2D eigenvalue weighted by Crippen LogP contribution is 2.32. The molecule has 0 aliphatic carbocycles. The zero-order valence-corrected chi connectivity index (χ0v) is 18.0. The number of halogens is 5. The monoisotopic (exact) mass is 482 g/mol. The lowest BCUT2D eigenvalue weighted by atomic mass is 10.1. The summed E-state index contributed by atoms with van der Waals surface area (Å²) in [5.41, 5.74) is -0.297. The molecule has 0 atom stereocenters. The highest BCUT2D eigenvalue weighted by Gasteiger charge is 2.35. The lowest BCUT2D eigenvalue weighted by Crippen LogP contribution is -2.25. The summed E-state index contributed by atoms with van der Waals surface area (Å²) in [5, 5.41) is 11.3. The summed E-state index contributed by atoms with van der Waals surface area (Å²) >= 11 is 11.9. The van der Waals surface area contributed by atoms with Gasteiger partial charge in [0.15, 0.2) is 17.0 Å². The third kappa shape index (κ3) is 4.28. The molecule has 0 spiro atoms. The quantitative estimate of drug-likeness (QED) is 0.440. The topological polar surface area (TPSA) is 77.1 Å². The minimum Gasteiger partial charge on any atom is -0.345 e. The number of carbonyl (C=O) groups is 1. The van der Waals surface area contributed by atoms with Gasteiger partial charge in [0.2, 0.25) is 0 Å². The predicted molar refractivity (Wildman–Crippen MR) is 113 cm³/mol. The van der Waals surface area contributed by atoms with Gasteiger partial charge in [0, 0.05) is 23.2 Å². The van der Waals surface area contributed by atoms with Gasteiger partial charge in [0.25, 0.3) is 5.91 Å². The van der Waals surface area contributed by atoms with E-state index in [0.717, 1.165) is 6.07 Å². The number of rotatable bonds is 5. The summed E-state index contributed by atoms with van der Waals surface area (Å²) < 4.78 is 43.4. The number of nitrogens with one attached hydrogen (secondary N) is 1. The second-order valence-corrected chi connectivity index (χ2v) is 7.61. The minimum absolute atomic E-state index is 0.0367. The van der Waals surface area contributed by atoms with Gasteiger partial charge >= 0.3 is 6.18 Å². The zero-order chi connectivity index (χ0) is 23.0. The summed E-state index contributed by atoms with van der Waals surface area (Å²) in [6.07, 6.45) is -3.27. The highest BCUT2D eigenvalue weighted by molar-refractivity contribution is 6.31. The van der Waals surface area contributed by atoms with E-state index in [-0.39, 0.29) is 23.6 Å². The van der Waals surface area contributed by atoms with Crippen molar-refractivity contribution in [3.63, 3.8) is 0 Å². The first kappa shape index (κ1) is 22.1. The van der Waals surface area contributed by atoms with Gasteiger partial charge in [-0.3, -0.25) is 9.48 Å². The first-order chi connectivity index (χ1) is 15.2. The Hall–Kier alpha value is -3.11. The van der Waals surface area contributed by atoms with Crippen LogP contribution in [0.15, 0.2) is 42.6 Å². The first-order valence-electron chi connectivity index (χ1n) is 9.39. The molecule has 32 heavy (non-hydrogen) atoms. The number of hydrogen-bond donors (Lipinski definition) is 1. The summed E-state index contributed by atoms with van der Waals surface area (Å²) in [4.78, 5) is 16.8. The number of hydrogen-bond acceptors (Lipinski definition) is 4. The van der Waals surface area contributed by atoms with Gasteiger partial charge in [-0.25, -0.2) is 9.50 Å². The van der Waals surface area contributed by atoms with Crippen molar-refractivity contribution in [3.8, 4) is 11.3 Å². The van der Waals surface area contributed by atoms with Crippen molar-refractivity contribution in [1.29, 1.82) is 0 Å². The zero-order valence-electron chi connectivity index (χ0n) is 16.5. The van der Waals surface area contributed by atoms with Gasteiger partial charge < -0.3 is 5.32 Å². The standard InChI is InChI=1S/C20H15Cl2F3N6O/c1-2-30-16(13(22)9-27-30)10-26-19(32)15-8-18-28-14(11-3-5-12(21)6-4-11)7-17(20(23,24)25)31(18)29-15/h3-9H,2,10H2,1H3,(H,26,32). The van der Waals surface area contributed by atoms with Gasteiger partial charge in [-0.1, -0.05) is 35.3 Å². The fourth-order valence-corrected chi connectivity index (χ4v) is 3.48. The summed E-state index contributed by atoms with van der Waals surface area (Å²) in [6.45, 7) is 2.44. The third-order valence-electron chi connectivity index (χ3n) is 4.70. The van der Waals surface area contributed by atoms with E-state index >= 15 is 0 Å². The van der Waals surface area contributed by atoms with Crippen LogP contribution in [-0.2, 0) is 19.3 Å². The number of fused-ring (bicyclic) bond motifs is 1. The molecule has 0 saturated heterocycles.